The van der Waals surface area contributed by atoms with Crippen molar-refractivity contribution in [3.8, 4) is 0 Å². The first-order valence-corrected chi connectivity index (χ1v) is 7.12. The second-order valence-corrected chi connectivity index (χ2v) is 5.96. The van der Waals surface area contributed by atoms with Crippen LogP contribution in [-0.4, -0.2) is 29.6 Å². The zero-order valence-corrected chi connectivity index (χ0v) is 12.7. The third-order valence-electron chi connectivity index (χ3n) is 3.71. The van der Waals surface area contributed by atoms with Crippen LogP contribution in [0.3, 0.4) is 0 Å². The fourth-order valence-electron chi connectivity index (χ4n) is 2.29. The number of methoxy groups -OCH3 is 1. The largest absolute Gasteiger partial charge is 0.376 e. The van der Waals surface area contributed by atoms with Gasteiger partial charge in [0, 0.05) is 23.1 Å². The summed E-state index contributed by atoms with van der Waals surface area (Å²) in [6.45, 7) is 2.00. The highest BCUT2D eigenvalue weighted by molar-refractivity contribution is 14.1. The second kappa shape index (κ2) is 5.52. The van der Waals surface area contributed by atoms with Gasteiger partial charge in [-0.1, -0.05) is 0 Å². The molecule has 0 aromatic carbocycles. The highest BCUT2D eigenvalue weighted by Crippen LogP contribution is 2.37. The molecule has 0 aliphatic heterocycles. The van der Waals surface area contributed by atoms with E-state index in [1.807, 2.05) is 13.0 Å². The summed E-state index contributed by atoms with van der Waals surface area (Å²) < 4.78 is 6.52. The molecule has 98 valence electrons. The van der Waals surface area contributed by atoms with Crippen LogP contribution in [0, 0.1) is 3.57 Å². The first kappa shape index (κ1) is 13.7. The van der Waals surface area contributed by atoms with Crippen LogP contribution in [0.25, 0.3) is 0 Å². The summed E-state index contributed by atoms with van der Waals surface area (Å²) in [5.74, 6) is -0.0863. The van der Waals surface area contributed by atoms with Crippen molar-refractivity contribution in [1.82, 2.24) is 10.3 Å². The lowest BCUT2D eigenvalue weighted by Gasteiger charge is -2.45. The van der Waals surface area contributed by atoms with E-state index < -0.39 is 0 Å². The molecule has 0 saturated heterocycles. The molecule has 0 spiro atoms. The number of aromatic nitrogens is 1. The summed E-state index contributed by atoms with van der Waals surface area (Å²) in [5.41, 5.74) is 0.421. The lowest BCUT2D eigenvalue weighted by molar-refractivity contribution is -0.0919. The number of nitrogens with one attached hydrogen (secondary N) is 1. The Morgan fingerprint density at radius 3 is 2.78 bits per heavy atom. The zero-order valence-electron chi connectivity index (χ0n) is 10.6. The molecule has 1 heterocycles. The van der Waals surface area contributed by atoms with Gasteiger partial charge in [-0.05, 0) is 54.8 Å². The quantitative estimate of drug-likeness (QED) is 0.839. The van der Waals surface area contributed by atoms with Crippen molar-refractivity contribution >= 4 is 28.5 Å². The number of ether oxygens (including phenoxy) is 1. The van der Waals surface area contributed by atoms with E-state index >= 15 is 0 Å². The average Bonchev–Trinajstić information content (AvgIpc) is 2.28. The molecule has 0 bridgehead atoms. The van der Waals surface area contributed by atoms with Gasteiger partial charge in [0.05, 0.1) is 17.2 Å². The summed E-state index contributed by atoms with van der Waals surface area (Å²) in [5, 5.41) is 3.01. The number of amides is 1. The van der Waals surface area contributed by atoms with E-state index in [0.717, 1.165) is 16.4 Å². The Balaban J connectivity index is 2.03. The maximum absolute atomic E-state index is 12.1. The molecular weight excluding hydrogens is 343 g/mol. The van der Waals surface area contributed by atoms with Crippen molar-refractivity contribution in [1.29, 1.82) is 0 Å². The number of hydrogen-bond acceptors (Lipinski definition) is 3. The standard InChI is InChI=1S/C13H17IN2O2/c1-9(13(18-2)4-3-5-13)16-12(17)10-6-11(14)8-15-7-10/h6-9H,3-5H2,1-2H3,(H,16,17). The maximum atomic E-state index is 12.1. The Morgan fingerprint density at radius 1 is 1.56 bits per heavy atom. The van der Waals surface area contributed by atoms with Crippen molar-refractivity contribution in [3.05, 3.63) is 27.6 Å². The first-order valence-electron chi connectivity index (χ1n) is 6.04. The molecule has 1 amide bonds. The molecule has 1 fully saturated rings. The topological polar surface area (TPSA) is 51.2 Å². The van der Waals surface area contributed by atoms with Gasteiger partial charge in [0.2, 0.25) is 0 Å². The predicted molar refractivity (Wildman–Crippen MR) is 77.5 cm³/mol. The number of nitrogens with zero attached hydrogens (tertiary/aromatic N) is 1. The Hall–Kier alpha value is -0.690. The molecule has 1 aromatic heterocycles. The second-order valence-electron chi connectivity index (χ2n) is 4.71. The Kier molecular flexibility index (Phi) is 4.21. The molecule has 1 aliphatic carbocycles. The van der Waals surface area contributed by atoms with Crippen LogP contribution >= 0.6 is 22.6 Å². The Morgan fingerprint density at radius 2 is 2.28 bits per heavy atom. The average molecular weight is 360 g/mol. The van der Waals surface area contributed by atoms with E-state index in [4.69, 9.17) is 4.74 Å². The van der Waals surface area contributed by atoms with Crippen molar-refractivity contribution < 1.29 is 9.53 Å². The van der Waals surface area contributed by atoms with Crippen molar-refractivity contribution in [2.45, 2.75) is 37.8 Å². The van der Waals surface area contributed by atoms with Crippen molar-refractivity contribution in [2.75, 3.05) is 7.11 Å². The number of hydrogen-bond donors (Lipinski definition) is 1. The minimum absolute atomic E-state index is 0.0154. The Bertz CT molecular complexity index is 441. The summed E-state index contributed by atoms with van der Waals surface area (Å²) in [6.07, 6.45) is 6.50. The molecule has 2 rings (SSSR count). The van der Waals surface area contributed by atoms with Crippen LogP contribution in [0.4, 0.5) is 0 Å². The number of rotatable bonds is 4. The minimum Gasteiger partial charge on any atom is -0.376 e. The van der Waals surface area contributed by atoms with Gasteiger partial charge in [0.1, 0.15) is 0 Å². The number of halogens is 1. The van der Waals surface area contributed by atoms with Gasteiger partial charge in [0.25, 0.3) is 5.91 Å². The van der Waals surface area contributed by atoms with Crippen LogP contribution in [0.2, 0.25) is 0 Å². The molecule has 4 nitrogen and oxygen atoms in total. The van der Waals surface area contributed by atoms with Crippen molar-refractivity contribution in [3.63, 3.8) is 0 Å². The van der Waals surface area contributed by atoms with Gasteiger partial charge < -0.3 is 10.1 Å². The van der Waals surface area contributed by atoms with Crippen LogP contribution < -0.4 is 5.32 Å². The van der Waals surface area contributed by atoms with Crippen LogP contribution in [-0.2, 0) is 4.74 Å². The van der Waals surface area contributed by atoms with Gasteiger partial charge in [-0.25, -0.2) is 0 Å². The van der Waals surface area contributed by atoms with E-state index in [-0.39, 0.29) is 17.6 Å². The van der Waals surface area contributed by atoms with Gasteiger partial charge in [0.15, 0.2) is 0 Å². The first-order chi connectivity index (χ1) is 8.57. The molecule has 1 unspecified atom stereocenters. The highest BCUT2D eigenvalue weighted by Gasteiger charge is 2.42. The number of carbonyl (C=O) groups is 1. The molecule has 1 aromatic rings. The van der Waals surface area contributed by atoms with Crippen LogP contribution in [0.5, 0.6) is 0 Å². The van der Waals surface area contributed by atoms with Gasteiger partial charge >= 0.3 is 0 Å². The van der Waals surface area contributed by atoms with Crippen molar-refractivity contribution in [2.24, 2.45) is 0 Å². The van der Waals surface area contributed by atoms with E-state index in [1.54, 1.807) is 19.5 Å². The molecule has 1 N–H and O–H groups in total. The number of carbonyl (C=O) groups excluding carboxylic acids is 1. The van der Waals surface area contributed by atoms with Gasteiger partial charge in [-0.2, -0.15) is 0 Å². The summed E-state index contributed by atoms with van der Waals surface area (Å²) in [6, 6.07) is 1.84. The smallest absolute Gasteiger partial charge is 0.253 e. The lowest BCUT2D eigenvalue weighted by atomic mass is 9.75. The number of pyridine rings is 1. The summed E-state index contributed by atoms with van der Waals surface area (Å²) in [4.78, 5) is 16.1. The predicted octanol–water partition coefficient (Wildman–Crippen LogP) is 2.37. The monoisotopic (exact) mass is 360 g/mol. The van der Waals surface area contributed by atoms with Crippen LogP contribution in [0.15, 0.2) is 18.5 Å². The van der Waals surface area contributed by atoms with E-state index in [0.29, 0.717) is 5.56 Å². The SMILES string of the molecule is COC1(C(C)NC(=O)c2cncc(I)c2)CCC1. The molecule has 1 aliphatic rings. The summed E-state index contributed by atoms with van der Waals surface area (Å²) >= 11 is 2.15. The van der Waals surface area contributed by atoms with Gasteiger partial charge in [-0.15, -0.1) is 0 Å². The molecule has 18 heavy (non-hydrogen) atoms. The van der Waals surface area contributed by atoms with E-state index in [9.17, 15) is 4.79 Å². The molecular formula is C13H17IN2O2. The lowest BCUT2D eigenvalue weighted by Crippen LogP contribution is -2.56. The third-order valence-corrected chi connectivity index (χ3v) is 4.30. The maximum Gasteiger partial charge on any atom is 0.253 e. The fourth-order valence-corrected chi connectivity index (χ4v) is 2.78. The zero-order chi connectivity index (χ0) is 13.2. The minimum atomic E-state index is -0.176. The van der Waals surface area contributed by atoms with Crippen LogP contribution in [0.1, 0.15) is 36.5 Å². The molecule has 1 saturated carbocycles. The molecule has 0 radical (unpaired) electrons. The van der Waals surface area contributed by atoms with E-state index in [1.165, 1.54) is 6.42 Å². The molecule has 1 atom stereocenters. The fraction of sp³-hybridized carbons (Fsp3) is 0.538. The van der Waals surface area contributed by atoms with E-state index in [2.05, 4.69) is 32.9 Å². The third kappa shape index (κ3) is 2.66. The normalized spacial score (nSPS) is 18.8. The molecule has 5 heteroatoms. The summed E-state index contributed by atoms with van der Waals surface area (Å²) in [7, 11) is 1.72. The highest BCUT2D eigenvalue weighted by atomic mass is 127. The Labute approximate surface area is 121 Å². The van der Waals surface area contributed by atoms with Gasteiger partial charge in [-0.3, -0.25) is 9.78 Å².